The average Bonchev–Trinajstić information content (AvgIpc) is 3.41. The van der Waals surface area contributed by atoms with E-state index in [0.29, 0.717) is 11.5 Å². The number of para-hydroxylation sites is 2. The summed E-state index contributed by atoms with van der Waals surface area (Å²) >= 11 is 6.15. The number of anilines is 4. The van der Waals surface area contributed by atoms with Gasteiger partial charge < -0.3 is 16.0 Å². The molecule has 6 rings (SSSR count). The van der Waals surface area contributed by atoms with Gasteiger partial charge in [0.05, 0.1) is 17.3 Å². The molecule has 0 aromatic heterocycles. The van der Waals surface area contributed by atoms with Gasteiger partial charge in [-0.25, -0.2) is 0 Å². The molecule has 1 heterocycles. The van der Waals surface area contributed by atoms with Gasteiger partial charge in [0.1, 0.15) is 0 Å². The second-order valence-electron chi connectivity index (χ2n) is 9.32. The van der Waals surface area contributed by atoms with Gasteiger partial charge in [-0.3, -0.25) is 4.79 Å². The molecule has 5 heteroatoms. The zero-order chi connectivity index (χ0) is 24.5. The van der Waals surface area contributed by atoms with Crippen molar-refractivity contribution in [2.45, 2.75) is 18.4 Å². The summed E-state index contributed by atoms with van der Waals surface area (Å²) in [7, 11) is 0. The van der Waals surface area contributed by atoms with Gasteiger partial charge in [-0.2, -0.15) is 0 Å². The molecular formula is C31H26ClN3O. The Labute approximate surface area is 216 Å². The van der Waals surface area contributed by atoms with Crippen LogP contribution in [-0.2, 0) is 0 Å². The monoisotopic (exact) mass is 491 g/mol. The lowest BCUT2D eigenvalue weighted by atomic mass is 9.76. The Hall–Kier alpha value is -4.02. The van der Waals surface area contributed by atoms with Crippen LogP contribution in [0.15, 0.2) is 109 Å². The first-order valence-electron chi connectivity index (χ1n) is 12.2. The molecule has 1 amide bonds. The van der Waals surface area contributed by atoms with Gasteiger partial charge in [-0.15, -0.1) is 0 Å². The van der Waals surface area contributed by atoms with Gasteiger partial charge in [0.15, 0.2) is 0 Å². The van der Waals surface area contributed by atoms with Crippen molar-refractivity contribution in [2.75, 3.05) is 16.0 Å². The minimum Gasteiger partial charge on any atom is -0.377 e. The molecule has 178 valence electrons. The number of rotatable bonds is 5. The summed E-state index contributed by atoms with van der Waals surface area (Å²) in [5.41, 5.74) is 6.64. The highest BCUT2D eigenvalue weighted by Gasteiger charge is 2.39. The van der Waals surface area contributed by atoms with Crippen LogP contribution in [0.1, 0.15) is 39.9 Å². The second-order valence-corrected chi connectivity index (χ2v) is 9.76. The Morgan fingerprint density at radius 3 is 2.31 bits per heavy atom. The maximum absolute atomic E-state index is 13.4. The summed E-state index contributed by atoms with van der Waals surface area (Å²) in [6.07, 6.45) is 5.55. The molecule has 3 atom stereocenters. The number of hydrogen-bond acceptors (Lipinski definition) is 3. The molecule has 4 nitrogen and oxygen atoms in total. The van der Waals surface area contributed by atoms with Crippen molar-refractivity contribution in [1.82, 2.24) is 0 Å². The van der Waals surface area contributed by atoms with Gasteiger partial charge >= 0.3 is 0 Å². The van der Waals surface area contributed by atoms with E-state index in [-0.39, 0.29) is 17.9 Å². The third kappa shape index (κ3) is 4.36. The SMILES string of the molecule is O=C(Nc1ccc(Nc2ccccc2)cc1)c1cccc2c1NC(c1ccc(Cl)cc1)C1CC=CC21. The van der Waals surface area contributed by atoms with Gasteiger partial charge in [0.25, 0.3) is 5.91 Å². The maximum atomic E-state index is 13.4. The summed E-state index contributed by atoms with van der Waals surface area (Å²) < 4.78 is 0. The Balaban J connectivity index is 1.25. The third-order valence-electron chi connectivity index (χ3n) is 7.08. The second kappa shape index (κ2) is 9.56. The number of amides is 1. The fourth-order valence-electron chi connectivity index (χ4n) is 5.33. The smallest absolute Gasteiger partial charge is 0.257 e. The van der Waals surface area contributed by atoms with E-state index < -0.39 is 0 Å². The molecule has 36 heavy (non-hydrogen) atoms. The summed E-state index contributed by atoms with van der Waals surface area (Å²) in [6, 6.07) is 31.9. The lowest BCUT2D eigenvalue weighted by Crippen LogP contribution is -2.30. The first-order chi connectivity index (χ1) is 17.7. The van der Waals surface area contributed by atoms with Crippen LogP contribution in [-0.4, -0.2) is 5.91 Å². The molecule has 2 aliphatic rings. The predicted octanol–water partition coefficient (Wildman–Crippen LogP) is 8.16. The fourth-order valence-corrected chi connectivity index (χ4v) is 5.46. The Morgan fingerprint density at radius 2 is 1.53 bits per heavy atom. The molecule has 3 N–H and O–H groups in total. The quantitative estimate of drug-likeness (QED) is 0.247. The number of benzene rings is 4. The van der Waals surface area contributed by atoms with E-state index in [1.807, 2.05) is 78.9 Å². The zero-order valence-corrected chi connectivity index (χ0v) is 20.4. The molecule has 0 bridgehead atoms. The van der Waals surface area contributed by atoms with Crippen LogP contribution < -0.4 is 16.0 Å². The fraction of sp³-hybridized carbons (Fsp3) is 0.129. The first-order valence-corrected chi connectivity index (χ1v) is 12.6. The van der Waals surface area contributed by atoms with Crippen molar-refractivity contribution >= 4 is 40.3 Å². The third-order valence-corrected chi connectivity index (χ3v) is 7.33. The van der Waals surface area contributed by atoms with Crippen LogP contribution in [0.25, 0.3) is 0 Å². The zero-order valence-electron chi connectivity index (χ0n) is 19.6. The minimum atomic E-state index is -0.126. The van der Waals surface area contributed by atoms with Crippen molar-refractivity contribution in [2.24, 2.45) is 5.92 Å². The van der Waals surface area contributed by atoms with E-state index in [9.17, 15) is 4.79 Å². The maximum Gasteiger partial charge on any atom is 0.257 e. The highest BCUT2D eigenvalue weighted by atomic mass is 35.5. The molecular weight excluding hydrogens is 466 g/mol. The molecule has 4 aromatic carbocycles. The van der Waals surface area contributed by atoms with Crippen molar-refractivity contribution in [3.8, 4) is 0 Å². The van der Waals surface area contributed by atoms with Crippen molar-refractivity contribution in [3.63, 3.8) is 0 Å². The Kier molecular flexibility index (Phi) is 5.96. The van der Waals surface area contributed by atoms with Gasteiger partial charge in [-0.1, -0.05) is 66.2 Å². The number of nitrogens with one attached hydrogen (secondary N) is 3. The van der Waals surface area contributed by atoms with E-state index >= 15 is 0 Å². The number of fused-ring (bicyclic) bond motifs is 3. The summed E-state index contributed by atoms with van der Waals surface area (Å²) in [5, 5.41) is 10.9. The van der Waals surface area contributed by atoms with E-state index in [1.165, 1.54) is 11.1 Å². The molecule has 0 fully saturated rings. The number of halogens is 1. The van der Waals surface area contributed by atoms with E-state index in [4.69, 9.17) is 11.6 Å². The Bertz CT molecular complexity index is 1410. The lowest BCUT2D eigenvalue weighted by molar-refractivity contribution is 0.102. The van der Waals surface area contributed by atoms with Crippen molar-refractivity contribution in [3.05, 3.63) is 131 Å². The molecule has 1 aliphatic heterocycles. The van der Waals surface area contributed by atoms with Crippen molar-refractivity contribution in [1.29, 1.82) is 0 Å². The molecule has 0 saturated carbocycles. The molecule has 4 aromatic rings. The van der Waals surface area contributed by atoms with Crippen LogP contribution >= 0.6 is 11.6 Å². The van der Waals surface area contributed by atoms with Crippen LogP contribution in [0.2, 0.25) is 5.02 Å². The number of hydrogen-bond donors (Lipinski definition) is 3. The lowest BCUT2D eigenvalue weighted by Gasteiger charge is -2.38. The topological polar surface area (TPSA) is 53.2 Å². The van der Waals surface area contributed by atoms with E-state index in [1.54, 1.807) is 0 Å². The summed E-state index contributed by atoms with van der Waals surface area (Å²) in [6.45, 7) is 0. The van der Waals surface area contributed by atoms with Crippen LogP contribution in [0.4, 0.5) is 22.7 Å². The molecule has 3 unspecified atom stereocenters. The van der Waals surface area contributed by atoms with Gasteiger partial charge in [-0.05, 0) is 78.1 Å². The first kappa shape index (κ1) is 22.4. The summed E-state index contributed by atoms with van der Waals surface area (Å²) in [4.78, 5) is 13.4. The number of carbonyl (C=O) groups is 1. The standard InChI is InChI=1S/C31H26ClN3O/c32-21-14-12-20(13-15-21)29-26-9-4-8-25(26)27-10-5-11-28(30(27)35-29)31(36)34-24-18-16-23(17-19-24)33-22-6-2-1-3-7-22/h1-8,10-19,25-26,29,33,35H,9H2,(H,34,36). The van der Waals surface area contributed by atoms with Crippen LogP contribution in [0.3, 0.4) is 0 Å². The predicted molar refractivity (Wildman–Crippen MR) is 148 cm³/mol. The van der Waals surface area contributed by atoms with Crippen molar-refractivity contribution < 1.29 is 4.79 Å². The minimum absolute atomic E-state index is 0.104. The highest BCUT2D eigenvalue weighted by molar-refractivity contribution is 6.30. The molecule has 0 radical (unpaired) electrons. The van der Waals surface area contributed by atoms with E-state index in [2.05, 4.69) is 46.3 Å². The number of carbonyl (C=O) groups excluding carboxylic acids is 1. The Morgan fingerprint density at radius 1 is 0.806 bits per heavy atom. The molecule has 0 saturated heterocycles. The van der Waals surface area contributed by atoms with Crippen LogP contribution in [0.5, 0.6) is 0 Å². The van der Waals surface area contributed by atoms with Gasteiger partial charge in [0, 0.05) is 28.0 Å². The van der Waals surface area contributed by atoms with Crippen LogP contribution in [0, 0.1) is 5.92 Å². The molecule has 1 aliphatic carbocycles. The largest absolute Gasteiger partial charge is 0.377 e. The number of allylic oxidation sites excluding steroid dienone is 2. The average molecular weight is 492 g/mol. The van der Waals surface area contributed by atoms with E-state index in [0.717, 1.165) is 34.2 Å². The summed E-state index contributed by atoms with van der Waals surface area (Å²) in [5.74, 6) is 0.554. The highest BCUT2D eigenvalue weighted by Crippen LogP contribution is 2.50. The normalized spacial score (nSPS) is 19.6. The van der Waals surface area contributed by atoms with Gasteiger partial charge in [0.2, 0.25) is 0 Å². The molecule has 0 spiro atoms.